The van der Waals surface area contributed by atoms with Crippen LogP contribution in [-0.2, 0) is 19.5 Å². The van der Waals surface area contributed by atoms with Gasteiger partial charge in [-0.05, 0) is 50.5 Å². The van der Waals surface area contributed by atoms with Crippen LogP contribution in [0.1, 0.15) is 52.4 Å². The SMILES string of the molecule is Cc1nn(Cc2ccccc2Cl)c(C)c1C(=O)Nc1cccc(-c2nnc3n2CCCCC3)c1. The Kier molecular flexibility index (Phi) is 6.20. The molecule has 0 bridgehead atoms. The number of carbonyl (C=O) groups excluding carboxylic acids is 1. The van der Waals surface area contributed by atoms with Crippen molar-refractivity contribution in [2.45, 2.75) is 52.6 Å². The molecular weight excluding hydrogens is 448 g/mol. The maximum absolute atomic E-state index is 13.2. The van der Waals surface area contributed by atoms with Crippen molar-refractivity contribution < 1.29 is 4.79 Å². The van der Waals surface area contributed by atoms with Gasteiger partial charge in [0.2, 0.25) is 0 Å². The maximum Gasteiger partial charge on any atom is 0.259 e. The largest absolute Gasteiger partial charge is 0.322 e. The van der Waals surface area contributed by atoms with Crippen molar-refractivity contribution in [3.05, 3.63) is 81.9 Å². The summed E-state index contributed by atoms with van der Waals surface area (Å²) in [6.07, 6.45) is 4.45. The number of carbonyl (C=O) groups is 1. The summed E-state index contributed by atoms with van der Waals surface area (Å²) >= 11 is 6.32. The normalized spacial score (nSPS) is 13.4. The molecule has 2 aromatic carbocycles. The van der Waals surface area contributed by atoms with E-state index in [9.17, 15) is 4.79 Å². The lowest BCUT2D eigenvalue weighted by molar-refractivity contribution is 0.102. The van der Waals surface area contributed by atoms with Gasteiger partial charge in [-0.2, -0.15) is 5.10 Å². The van der Waals surface area contributed by atoms with Crippen molar-refractivity contribution in [3.63, 3.8) is 0 Å². The molecule has 0 unspecified atom stereocenters. The highest BCUT2D eigenvalue weighted by molar-refractivity contribution is 6.31. The second-order valence-electron chi connectivity index (χ2n) is 8.73. The molecule has 8 heteroatoms. The van der Waals surface area contributed by atoms with Crippen LogP contribution < -0.4 is 5.32 Å². The number of aryl methyl sites for hydroxylation is 2. The lowest BCUT2D eigenvalue weighted by Gasteiger charge is -2.10. The number of fused-ring (bicyclic) bond motifs is 1. The molecule has 1 aliphatic heterocycles. The van der Waals surface area contributed by atoms with E-state index in [0.29, 0.717) is 28.5 Å². The second kappa shape index (κ2) is 9.43. The topological polar surface area (TPSA) is 77.6 Å². The van der Waals surface area contributed by atoms with Crippen LogP contribution in [0.15, 0.2) is 48.5 Å². The first kappa shape index (κ1) is 22.3. The van der Waals surface area contributed by atoms with Gasteiger partial charge in [-0.3, -0.25) is 9.48 Å². The lowest BCUT2D eigenvalue weighted by Crippen LogP contribution is -2.14. The third-order valence-electron chi connectivity index (χ3n) is 6.37. The Morgan fingerprint density at radius 2 is 1.91 bits per heavy atom. The van der Waals surface area contributed by atoms with Crippen molar-refractivity contribution in [1.82, 2.24) is 24.5 Å². The number of hydrogen-bond donors (Lipinski definition) is 1. The molecule has 5 rings (SSSR count). The molecule has 0 fully saturated rings. The number of hydrogen-bond acceptors (Lipinski definition) is 4. The van der Waals surface area contributed by atoms with Gasteiger partial charge in [0.05, 0.1) is 17.8 Å². The van der Waals surface area contributed by atoms with Crippen LogP contribution in [0.25, 0.3) is 11.4 Å². The highest BCUT2D eigenvalue weighted by Gasteiger charge is 2.20. The van der Waals surface area contributed by atoms with Crippen LogP contribution in [0.4, 0.5) is 5.69 Å². The monoisotopic (exact) mass is 474 g/mol. The van der Waals surface area contributed by atoms with Crippen LogP contribution in [0.5, 0.6) is 0 Å². The minimum absolute atomic E-state index is 0.183. The van der Waals surface area contributed by atoms with Gasteiger partial charge in [-0.1, -0.05) is 48.4 Å². The van der Waals surface area contributed by atoms with Crippen LogP contribution in [0, 0.1) is 13.8 Å². The Labute approximate surface area is 203 Å². The van der Waals surface area contributed by atoms with Gasteiger partial charge in [0.15, 0.2) is 5.82 Å². The van der Waals surface area contributed by atoms with Gasteiger partial charge in [-0.25, -0.2) is 0 Å². The third-order valence-corrected chi connectivity index (χ3v) is 6.74. The van der Waals surface area contributed by atoms with Crippen molar-refractivity contribution in [2.24, 2.45) is 0 Å². The Hall–Kier alpha value is -3.45. The Morgan fingerprint density at radius 3 is 2.76 bits per heavy atom. The summed E-state index contributed by atoms with van der Waals surface area (Å²) in [4.78, 5) is 13.2. The number of anilines is 1. The molecule has 2 aromatic heterocycles. The predicted molar refractivity (Wildman–Crippen MR) is 133 cm³/mol. The van der Waals surface area contributed by atoms with Crippen molar-refractivity contribution in [3.8, 4) is 11.4 Å². The quantitative estimate of drug-likeness (QED) is 0.418. The minimum atomic E-state index is -0.183. The standard InChI is InChI=1S/C26H27ClN6O/c1-17-24(18(2)33(31-17)16-20-9-5-6-12-22(20)27)26(34)28-21-11-8-10-19(15-21)25-30-29-23-13-4-3-7-14-32(23)25/h5-6,8-12,15H,3-4,7,13-14,16H2,1-2H3,(H,28,34). The molecule has 0 aliphatic carbocycles. The molecule has 0 radical (unpaired) electrons. The first-order chi connectivity index (χ1) is 16.5. The molecule has 1 aliphatic rings. The lowest BCUT2D eigenvalue weighted by atomic mass is 10.1. The molecular formula is C26H27ClN6O. The number of benzene rings is 2. The Balaban J connectivity index is 1.38. The van der Waals surface area contributed by atoms with E-state index >= 15 is 0 Å². The van der Waals surface area contributed by atoms with Gasteiger partial charge >= 0.3 is 0 Å². The summed E-state index contributed by atoms with van der Waals surface area (Å²) in [7, 11) is 0. The molecule has 0 spiro atoms. The van der Waals surface area contributed by atoms with Gasteiger partial charge in [0, 0.05) is 34.9 Å². The zero-order valence-corrected chi connectivity index (χ0v) is 20.1. The fourth-order valence-electron chi connectivity index (χ4n) is 4.60. The van der Waals surface area contributed by atoms with E-state index in [0.717, 1.165) is 54.3 Å². The van der Waals surface area contributed by atoms with E-state index in [1.807, 2.05) is 67.1 Å². The predicted octanol–water partition coefficient (Wildman–Crippen LogP) is 5.44. The zero-order valence-electron chi connectivity index (χ0n) is 19.4. The molecule has 0 saturated heterocycles. The minimum Gasteiger partial charge on any atom is -0.322 e. The molecule has 1 N–H and O–H groups in total. The van der Waals surface area contributed by atoms with Crippen molar-refractivity contribution in [1.29, 1.82) is 0 Å². The summed E-state index contributed by atoms with van der Waals surface area (Å²) in [5.74, 6) is 1.71. The summed E-state index contributed by atoms with van der Waals surface area (Å²) < 4.78 is 4.04. The highest BCUT2D eigenvalue weighted by Crippen LogP contribution is 2.26. The van der Waals surface area contributed by atoms with E-state index in [1.54, 1.807) is 0 Å². The molecule has 174 valence electrons. The summed E-state index contributed by atoms with van der Waals surface area (Å²) in [6, 6.07) is 15.5. The fraction of sp³-hybridized carbons (Fsp3) is 0.308. The number of rotatable bonds is 5. The third kappa shape index (κ3) is 4.35. The molecule has 4 aromatic rings. The Morgan fingerprint density at radius 1 is 1.06 bits per heavy atom. The second-order valence-corrected chi connectivity index (χ2v) is 9.14. The van der Waals surface area contributed by atoms with E-state index in [1.165, 1.54) is 6.42 Å². The molecule has 7 nitrogen and oxygen atoms in total. The number of aromatic nitrogens is 5. The van der Waals surface area contributed by atoms with Crippen molar-refractivity contribution in [2.75, 3.05) is 5.32 Å². The number of nitrogens with zero attached hydrogens (tertiary/aromatic N) is 5. The number of halogens is 1. The van der Waals surface area contributed by atoms with E-state index in [4.69, 9.17) is 11.6 Å². The molecule has 0 atom stereocenters. The summed E-state index contributed by atoms with van der Waals surface area (Å²) in [5.41, 5.74) is 4.68. The van der Waals surface area contributed by atoms with Crippen LogP contribution in [-0.4, -0.2) is 30.5 Å². The summed E-state index contributed by atoms with van der Waals surface area (Å²) in [5, 5.41) is 17.2. The van der Waals surface area contributed by atoms with Gasteiger partial charge in [0.25, 0.3) is 5.91 Å². The number of nitrogens with one attached hydrogen (secondary N) is 1. The van der Waals surface area contributed by atoms with E-state index < -0.39 is 0 Å². The fourth-order valence-corrected chi connectivity index (χ4v) is 4.79. The average molecular weight is 475 g/mol. The van der Waals surface area contributed by atoms with Gasteiger partial charge < -0.3 is 9.88 Å². The molecule has 0 saturated carbocycles. The van der Waals surface area contributed by atoms with Crippen LogP contribution >= 0.6 is 11.6 Å². The first-order valence-electron chi connectivity index (χ1n) is 11.6. The average Bonchev–Trinajstić information content (AvgIpc) is 3.25. The highest BCUT2D eigenvalue weighted by atomic mass is 35.5. The van der Waals surface area contributed by atoms with E-state index in [2.05, 4.69) is 25.2 Å². The smallest absolute Gasteiger partial charge is 0.259 e. The summed E-state index contributed by atoms with van der Waals surface area (Å²) in [6.45, 7) is 5.20. The molecule has 1 amide bonds. The van der Waals surface area contributed by atoms with Gasteiger partial charge in [-0.15, -0.1) is 10.2 Å². The molecule has 3 heterocycles. The van der Waals surface area contributed by atoms with Crippen LogP contribution in [0.2, 0.25) is 5.02 Å². The van der Waals surface area contributed by atoms with Crippen LogP contribution in [0.3, 0.4) is 0 Å². The van der Waals surface area contributed by atoms with Crippen molar-refractivity contribution >= 4 is 23.2 Å². The van der Waals surface area contributed by atoms with E-state index in [-0.39, 0.29) is 5.91 Å². The van der Waals surface area contributed by atoms with Gasteiger partial charge in [0.1, 0.15) is 5.82 Å². The Bertz CT molecular complexity index is 1360. The number of amides is 1. The first-order valence-corrected chi connectivity index (χ1v) is 12.0. The molecule has 34 heavy (non-hydrogen) atoms. The maximum atomic E-state index is 13.2. The zero-order chi connectivity index (χ0) is 23.7.